The first-order valence-electron chi connectivity index (χ1n) is 10.8. The summed E-state index contributed by atoms with van der Waals surface area (Å²) < 4.78 is 24.9. The van der Waals surface area contributed by atoms with E-state index in [0.29, 0.717) is 35.4 Å². The molecule has 4 rings (SSSR count). The molecule has 3 heterocycles. The minimum atomic E-state index is -0.468. The number of piperidine rings is 1. The maximum Gasteiger partial charge on any atom is 0.228 e. The van der Waals surface area contributed by atoms with Gasteiger partial charge in [0, 0.05) is 23.5 Å². The number of carbonyl (C=O) groups excluding carboxylic acids is 1. The normalized spacial score (nSPS) is 16.0. The molecule has 1 aromatic carbocycles. The van der Waals surface area contributed by atoms with Crippen molar-refractivity contribution in [3.63, 3.8) is 0 Å². The van der Waals surface area contributed by atoms with Crippen LogP contribution in [0.3, 0.4) is 0 Å². The van der Waals surface area contributed by atoms with Crippen molar-refractivity contribution in [3.8, 4) is 16.9 Å². The third-order valence-corrected chi connectivity index (χ3v) is 5.54. The van der Waals surface area contributed by atoms with Crippen molar-refractivity contribution in [3.05, 3.63) is 59.5 Å². The molecule has 0 saturated carbocycles. The number of amides is 1. The number of benzene rings is 1. The van der Waals surface area contributed by atoms with Crippen LogP contribution in [0.15, 0.2) is 41.2 Å². The van der Waals surface area contributed by atoms with E-state index in [1.807, 2.05) is 26.0 Å². The van der Waals surface area contributed by atoms with Gasteiger partial charge in [0.25, 0.3) is 0 Å². The van der Waals surface area contributed by atoms with E-state index < -0.39 is 5.82 Å². The van der Waals surface area contributed by atoms with Crippen LogP contribution in [0.2, 0.25) is 0 Å². The number of ether oxygens (including phenoxy) is 1. The van der Waals surface area contributed by atoms with Crippen molar-refractivity contribution in [2.24, 2.45) is 0 Å². The van der Waals surface area contributed by atoms with Gasteiger partial charge in [-0.3, -0.25) is 9.78 Å². The zero-order valence-electron chi connectivity index (χ0n) is 18.3. The van der Waals surface area contributed by atoms with Gasteiger partial charge in [0.1, 0.15) is 23.9 Å². The van der Waals surface area contributed by atoms with Crippen LogP contribution in [0.4, 0.5) is 10.1 Å². The molecular formula is C24H27FN4O3. The van der Waals surface area contributed by atoms with Crippen LogP contribution in [0.25, 0.3) is 11.1 Å². The zero-order valence-corrected chi connectivity index (χ0v) is 18.3. The lowest BCUT2D eigenvalue weighted by molar-refractivity contribution is -0.115. The summed E-state index contributed by atoms with van der Waals surface area (Å²) >= 11 is 0. The Morgan fingerprint density at radius 1 is 1.28 bits per heavy atom. The van der Waals surface area contributed by atoms with Crippen LogP contribution in [-0.4, -0.2) is 35.2 Å². The molecule has 2 aromatic heterocycles. The van der Waals surface area contributed by atoms with Crippen molar-refractivity contribution < 1.29 is 18.4 Å². The van der Waals surface area contributed by atoms with E-state index in [-0.39, 0.29) is 12.3 Å². The summed E-state index contributed by atoms with van der Waals surface area (Å²) in [5.41, 5.74) is 3.52. The van der Waals surface area contributed by atoms with Crippen LogP contribution < -0.4 is 15.4 Å². The standard InChI is InChI=1S/C24H27FN4O3/c1-15-24(16(2)32-29-15)21-11-19(28-23(30)10-17-9-18(25)13-26-12-17)6-7-22(21)31-14-20-5-3-4-8-27-20/h6-7,9,11-13,20,27H,3-5,8,10,14H2,1-2H3,(H,28,30)/t20-/m1/s1. The Labute approximate surface area is 186 Å². The van der Waals surface area contributed by atoms with Gasteiger partial charge < -0.3 is 19.9 Å². The first-order valence-corrected chi connectivity index (χ1v) is 10.8. The Balaban J connectivity index is 1.54. The van der Waals surface area contributed by atoms with E-state index in [1.165, 1.54) is 25.1 Å². The van der Waals surface area contributed by atoms with Crippen molar-refractivity contribution in [2.45, 2.75) is 45.6 Å². The number of nitrogens with one attached hydrogen (secondary N) is 2. The maximum atomic E-state index is 13.4. The predicted octanol–water partition coefficient (Wildman–Crippen LogP) is 4.19. The SMILES string of the molecule is Cc1noc(C)c1-c1cc(NC(=O)Cc2cncc(F)c2)ccc1OC[C@H]1CCCCN1. The molecule has 1 aliphatic heterocycles. The Morgan fingerprint density at radius 2 is 2.16 bits per heavy atom. The molecule has 32 heavy (non-hydrogen) atoms. The van der Waals surface area contributed by atoms with Crippen molar-refractivity contribution in [1.82, 2.24) is 15.5 Å². The highest BCUT2D eigenvalue weighted by Gasteiger charge is 2.19. The molecule has 1 amide bonds. The fourth-order valence-corrected chi connectivity index (χ4v) is 4.00. The van der Waals surface area contributed by atoms with Gasteiger partial charge in [-0.15, -0.1) is 0 Å². The Morgan fingerprint density at radius 3 is 2.88 bits per heavy atom. The molecule has 2 N–H and O–H groups in total. The minimum Gasteiger partial charge on any atom is -0.491 e. The van der Waals surface area contributed by atoms with Crippen LogP contribution >= 0.6 is 0 Å². The van der Waals surface area contributed by atoms with Crippen molar-refractivity contribution in [2.75, 3.05) is 18.5 Å². The van der Waals surface area contributed by atoms with Gasteiger partial charge in [-0.05, 0) is 63.1 Å². The molecule has 0 aliphatic carbocycles. The minimum absolute atomic E-state index is 0.0248. The fourth-order valence-electron chi connectivity index (χ4n) is 4.00. The lowest BCUT2D eigenvalue weighted by Crippen LogP contribution is -2.38. The molecule has 1 atom stereocenters. The fraction of sp³-hybridized carbons (Fsp3) is 0.375. The molecule has 3 aromatic rings. The molecule has 8 heteroatoms. The van der Waals surface area contributed by atoms with E-state index in [2.05, 4.69) is 20.8 Å². The van der Waals surface area contributed by atoms with E-state index in [1.54, 1.807) is 6.07 Å². The number of nitrogens with zero attached hydrogens (tertiary/aromatic N) is 2. The lowest BCUT2D eigenvalue weighted by atomic mass is 10.0. The number of pyridine rings is 1. The van der Waals surface area contributed by atoms with Crippen LogP contribution in [-0.2, 0) is 11.2 Å². The topological polar surface area (TPSA) is 89.3 Å². The number of aryl methyl sites for hydroxylation is 2. The summed E-state index contributed by atoms with van der Waals surface area (Å²) in [6.07, 6.45) is 6.10. The molecule has 0 spiro atoms. The highest BCUT2D eigenvalue weighted by molar-refractivity contribution is 5.93. The molecular weight excluding hydrogens is 411 g/mol. The molecule has 1 aliphatic rings. The second kappa shape index (κ2) is 9.91. The third kappa shape index (κ3) is 5.31. The highest BCUT2D eigenvalue weighted by atomic mass is 19.1. The third-order valence-electron chi connectivity index (χ3n) is 5.54. The van der Waals surface area contributed by atoms with Gasteiger partial charge in [-0.2, -0.15) is 0 Å². The van der Waals surface area contributed by atoms with Gasteiger partial charge in [0.15, 0.2) is 0 Å². The summed E-state index contributed by atoms with van der Waals surface area (Å²) in [6, 6.07) is 7.13. The number of anilines is 1. The van der Waals surface area contributed by atoms with Crippen molar-refractivity contribution in [1.29, 1.82) is 0 Å². The van der Waals surface area contributed by atoms with E-state index >= 15 is 0 Å². The summed E-state index contributed by atoms with van der Waals surface area (Å²) in [5.74, 6) is 0.656. The molecule has 0 unspecified atom stereocenters. The Bertz CT molecular complexity index is 1070. The molecule has 0 radical (unpaired) electrons. The van der Waals surface area contributed by atoms with E-state index in [0.717, 1.165) is 36.0 Å². The number of hydrogen-bond donors (Lipinski definition) is 2. The van der Waals surface area contributed by atoms with Gasteiger partial charge in [0.05, 0.1) is 23.9 Å². The lowest BCUT2D eigenvalue weighted by Gasteiger charge is -2.24. The first-order chi connectivity index (χ1) is 15.5. The summed E-state index contributed by atoms with van der Waals surface area (Å²) in [4.78, 5) is 16.3. The van der Waals surface area contributed by atoms with Crippen LogP contribution in [0.1, 0.15) is 36.3 Å². The van der Waals surface area contributed by atoms with Gasteiger partial charge >= 0.3 is 0 Å². The molecule has 1 saturated heterocycles. The maximum absolute atomic E-state index is 13.4. The number of hydrogen-bond acceptors (Lipinski definition) is 6. The number of carbonyl (C=O) groups is 1. The number of aromatic nitrogens is 2. The second-order valence-electron chi connectivity index (χ2n) is 8.10. The number of rotatable bonds is 7. The smallest absolute Gasteiger partial charge is 0.228 e. The number of halogens is 1. The molecule has 0 bridgehead atoms. The average Bonchev–Trinajstić information content (AvgIpc) is 3.11. The van der Waals surface area contributed by atoms with Gasteiger partial charge in [0.2, 0.25) is 5.91 Å². The van der Waals surface area contributed by atoms with Crippen LogP contribution in [0.5, 0.6) is 5.75 Å². The summed E-state index contributed by atoms with van der Waals surface area (Å²) in [6.45, 7) is 5.30. The quantitative estimate of drug-likeness (QED) is 0.575. The second-order valence-corrected chi connectivity index (χ2v) is 8.10. The van der Waals surface area contributed by atoms with Crippen molar-refractivity contribution >= 4 is 11.6 Å². The van der Waals surface area contributed by atoms with Gasteiger partial charge in [-0.25, -0.2) is 4.39 Å². The predicted molar refractivity (Wildman–Crippen MR) is 119 cm³/mol. The summed E-state index contributed by atoms with van der Waals surface area (Å²) in [7, 11) is 0. The van der Waals surface area contributed by atoms with E-state index in [4.69, 9.17) is 9.26 Å². The average molecular weight is 439 g/mol. The largest absolute Gasteiger partial charge is 0.491 e. The first kappa shape index (κ1) is 22.0. The van der Waals surface area contributed by atoms with Gasteiger partial charge in [-0.1, -0.05) is 11.6 Å². The monoisotopic (exact) mass is 438 g/mol. The zero-order chi connectivity index (χ0) is 22.5. The van der Waals surface area contributed by atoms with Crippen LogP contribution in [0, 0.1) is 19.7 Å². The Kier molecular flexibility index (Phi) is 6.80. The molecule has 168 valence electrons. The molecule has 1 fully saturated rings. The summed E-state index contributed by atoms with van der Waals surface area (Å²) in [5, 5.41) is 10.4. The highest BCUT2D eigenvalue weighted by Crippen LogP contribution is 2.37. The Hall–Kier alpha value is -3.26. The van der Waals surface area contributed by atoms with E-state index in [9.17, 15) is 9.18 Å². The molecule has 7 nitrogen and oxygen atoms in total.